The van der Waals surface area contributed by atoms with Crippen molar-refractivity contribution in [2.45, 2.75) is 0 Å². The highest BCUT2D eigenvalue weighted by Crippen LogP contribution is 2.35. The van der Waals surface area contributed by atoms with Crippen molar-refractivity contribution in [2.75, 3.05) is 13.7 Å². The normalized spacial score (nSPS) is 13.9. The second-order valence-corrected chi connectivity index (χ2v) is 5.31. The molecular weight excluding hydrogens is 342 g/mol. The van der Waals surface area contributed by atoms with Crippen LogP contribution in [0.15, 0.2) is 48.2 Å². The lowest BCUT2D eigenvalue weighted by molar-refractivity contribution is -0.384. The zero-order chi connectivity index (χ0) is 18.7. The number of carbonyl (C=O) groups excluding carboxylic acids is 2. The molecule has 8 heteroatoms. The summed E-state index contributed by atoms with van der Waals surface area (Å²) in [7, 11) is 1.26. The van der Waals surface area contributed by atoms with Gasteiger partial charge in [-0.3, -0.25) is 14.9 Å². The zero-order valence-electron chi connectivity index (χ0n) is 13.6. The van der Waals surface area contributed by atoms with Crippen LogP contribution in [-0.4, -0.2) is 30.4 Å². The number of esters is 1. The van der Waals surface area contributed by atoms with E-state index in [2.05, 4.69) is 4.74 Å². The van der Waals surface area contributed by atoms with Crippen LogP contribution >= 0.6 is 0 Å². The van der Waals surface area contributed by atoms with Crippen LogP contribution in [0.4, 0.5) is 5.69 Å². The standard InChI is InChI=1S/C18H13NO7/c1-24-17(20)10-25-13-6-7-14-15(9-13)26-16(18(14)21)8-11-2-4-12(5-3-11)19(22)23/h2-9H,10H2,1H3/b16-8+. The molecule has 8 nitrogen and oxygen atoms in total. The maximum absolute atomic E-state index is 12.4. The number of hydrogen-bond acceptors (Lipinski definition) is 7. The Morgan fingerprint density at radius 1 is 1.23 bits per heavy atom. The van der Waals surface area contributed by atoms with Crippen LogP contribution in [-0.2, 0) is 9.53 Å². The highest BCUT2D eigenvalue weighted by Gasteiger charge is 2.27. The van der Waals surface area contributed by atoms with Crippen molar-refractivity contribution in [1.29, 1.82) is 0 Å². The van der Waals surface area contributed by atoms with Gasteiger partial charge in [-0.2, -0.15) is 0 Å². The maximum atomic E-state index is 12.4. The lowest BCUT2D eigenvalue weighted by atomic mass is 10.1. The number of benzene rings is 2. The van der Waals surface area contributed by atoms with E-state index < -0.39 is 10.9 Å². The third-order valence-electron chi connectivity index (χ3n) is 3.63. The molecule has 0 fully saturated rings. The zero-order valence-corrected chi connectivity index (χ0v) is 13.6. The fourth-order valence-corrected chi connectivity index (χ4v) is 2.30. The first kappa shape index (κ1) is 17.2. The minimum Gasteiger partial charge on any atom is -0.482 e. The summed E-state index contributed by atoms with van der Waals surface area (Å²) in [5.74, 6) is -0.0674. The molecule has 0 unspecified atom stereocenters. The van der Waals surface area contributed by atoms with Gasteiger partial charge in [-0.15, -0.1) is 0 Å². The number of ether oxygens (including phenoxy) is 3. The molecule has 1 aliphatic heterocycles. The molecule has 0 spiro atoms. The quantitative estimate of drug-likeness (QED) is 0.351. The fourth-order valence-electron chi connectivity index (χ4n) is 2.30. The molecule has 0 N–H and O–H groups in total. The number of Topliss-reactive ketones (excluding diaryl/α,β-unsaturated/α-hetero) is 1. The van der Waals surface area contributed by atoms with Crippen molar-refractivity contribution < 1.29 is 28.7 Å². The molecule has 0 bridgehead atoms. The molecule has 0 saturated heterocycles. The van der Waals surface area contributed by atoms with Gasteiger partial charge in [0.05, 0.1) is 17.6 Å². The number of hydrogen-bond donors (Lipinski definition) is 0. The summed E-state index contributed by atoms with van der Waals surface area (Å²) in [4.78, 5) is 33.7. The lowest BCUT2D eigenvalue weighted by Crippen LogP contribution is -2.12. The summed E-state index contributed by atoms with van der Waals surface area (Å²) < 4.78 is 15.3. The monoisotopic (exact) mass is 355 g/mol. The smallest absolute Gasteiger partial charge is 0.343 e. The molecule has 2 aromatic rings. The molecule has 0 aliphatic carbocycles. The Hall–Kier alpha value is -3.68. The summed E-state index contributed by atoms with van der Waals surface area (Å²) in [5, 5.41) is 10.7. The third kappa shape index (κ3) is 3.54. The first-order valence-electron chi connectivity index (χ1n) is 7.50. The highest BCUT2D eigenvalue weighted by molar-refractivity contribution is 6.14. The Morgan fingerprint density at radius 2 is 1.96 bits per heavy atom. The Bertz CT molecular complexity index is 916. The summed E-state index contributed by atoms with van der Waals surface area (Å²) in [5.41, 5.74) is 0.916. The third-order valence-corrected chi connectivity index (χ3v) is 3.63. The van der Waals surface area contributed by atoms with Gasteiger partial charge in [0.15, 0.2) is 12.4 Å². The van der Waals surface area contributed by atoms with Crippen molar-refractivity contribution in [2.24, 2.45) is 0 Å². The van der Waals surface area contributed by atoms with Gasteiger partial charge in [-0.05, 0) is 35.9 Å². The van der Waals surface area contributed by atoms with Gasteiger partial charge in [0, 0.05) is 18.2 Å². The minimum atomic E-state index is -0.527. The Labute approximate surface area is 147 Å². The molecule has 0 atom stereocenters. The van der Waals surface area contributed by atoms with Crippen LogP contribution in [0.3, 0.4) is 0 Å². The summed E-state index contributed by atoms with van der Waals surface area (Å²) in [6.07, 6.45) is 1.50. The van der Waals surface area contributed by atoms with Crippen LogP contribution in [0.5, 0.6) is 11.5 Å². The lowest BCUT2D eigenvalue weighted by Gasteiger charge is -2.05. The van der Waals surface area contributed by atoms with Crippen LogP contribution in [0.1, 0.15) is 15.9 Å². The molecule has 132 valence electrons. The molecule has 0 saturated carbocycles. The predicted octanol–water partition coefficient (Wildman–Crippen LogP) is 2.76. The van der Waals surface area contributed by atoms with Crippen LogP contribution < -0.4 is 9.47 Å². The molecular formula is C18H13NO7. The van der Waals surface area contributed by atoms with E-state index in [0.29, 0.717) is 22.6 Å². The van der Waals surface area contributed by atoms with E-state index in [0.717, 1.165) is 0 Å². The van der Waals surface area contributed by atoms with Gasteiger partial charge in [-0.25, -0.2) is 4.79 Å². The number of ketones is 1. The molecule has 26 heavy (non-hydrogen) atoms. The number of fused-ring (bicyclic) bond motifs is 1. The number of allylic oxidation sites excluding steroid dienone is 1. The maximum Gasteiger partial charge on any atom is 0.343 e. The van der Waals surface area contributed by atoms with Gasteiger partial charge in [0.25, 0.3) is 5.69 Å². The van der Waals surface area contributed by atoms with E-state index in [1.54, 1.807) is 12.1 Å². The van der Waals surface area contributed by atoms with Gasteiger partial charge < -0.3 is 14.2 Å². The number of carbonyl (C=O) groups is 2. The van der Waals surface area contributed by atoms with Gasteiger partial charge in [0.1, 0.15) is 11.5 Å². The van der Waals surface area contributed by atoms with E-state index >= 15 is 0 Å². The number of nitrogens with zero attached hydrogens (tertiary/aromatic N) is 1. The summed E-state index contributed by atoms with van der Waals surface area (Å²) >= 11 is 0. The number of methoxy groups -OCH3 is 1. The minimum absolute atomic E-state index is 0.0403. The first-order chi connectivity index (χ1) is 12.5. The predicted molar refractivity (Wildman–Crippen MR) is 90.0 cm³/mol. The number of non-ortho nitro benzene ring substituents is 1. The summed E-state index contributed by atoms with van der Waals surface area (Å²) in [6.45, 7) is -0.255. The van der Waals surface area contributed by atoms with Crippen molar-refractivity contribution in [3.8, 4) is 11.5 Å². The fraction of sp³-hybridized carbons (Fsp3) is 0.111. The molecule has 1 heterocycles. The molecule has 0 radical (unpaired) electrons. The van der Waals surface area contributed by atoms with E-state index in [4.69, 9.17) is 9.47 Å². The highest BCUT2D eigenvalue weighted by atomic mass is 16.6. The summed E-state index contributed by atoms with van der Waals surface area (Å²) in [6, 6.07) is 10.3. The van der Waals surface area contributed by atoms with Crippen LogP contribution in [0.2, 0.25) is 0 Å². The molecule has 0 aromatic heterocycles. The second-order valence-electron chi connectivity index (χ2n) is 5.31. The molecule has 3 rings (SSSR count). The van der Waals surface area contributed by atoms with E-state index in [1.807, 2.05) is 0 Å². The molecule has 2 aromatic carbocycles. The first-order valence-corrected chi connectivity index (χ1v) is 7.50. The van der Waals surface area contributed by atoms with E-state index in [-0.39, 0.29) is 23.8 Å². The van der Waals surface area contributed by atoms with Crippen molar-refractivity contribution in [3.63, 3.8) is 0 Å². The van der Waals surface area contributed by atoms with Crippen LogP contribution in [0.25, 0.3) is 6.08 Å². The van der Waals surface area contributed by atoms with Crippen LogP contribution in [0, 0.1) is 10.1 Å². The second kappa shape index (κ2) is 7.06. The Balaban J connectivity index is 1.78. The average molecular weight is 355 g/mol. The Morgan fingerprint density at radius 3 is 2.62 bits per heavy atom. The molecule has 0 amide bonds. The van der Waals surface area contributed by atoms with Crippen molar-refractivity contribution in [1.82, 2.24) is 0 Å². The SMILES string of the molecule is COC(=O)COc1ccc2c(c1)O/C(=C/c1ccc([N+](=O)[O-])cc1)C2=O. The average Bonchev–Trinajstić information content (AvgIpc) is 2.95. The molecule has 1 aliphatic rings. The number of rotatable bonds is 5. The Kier molecular flexibility index (Phi) is 4.66. The largest absolute Gasteiger partial charge is 0.482 e. The topological polar surface area (TPSA) is 105 Å². The number of nitro groups is 1. The van der Waals surface area contributed by atoms with Crippen molar-refractivity contribution in [3.05, 3.63) is 69.5 Å². The van der Waals surface area contributed by atoms with Gasteiger partial charge in [0.2, 0.25) is 5.78 Å². The van der Waals surface area contributed by atoms with E-state index in [1.165, 1.54) is 43.5 Å². The van der Waals surface area contributed by atoms with Gasteiger partial charge in [-0.1, -0.05) is 0 Å². The van der Waals surface area contributed by atoms with E-state index in [9.17, 15) is 19.7 Å². The van der Waals surface area contributed by atoms with Crippen molar-refractivity contribution >= 4 is 23.5 Å². The number of nitro benzene ring substituents is 1. The van der Waals surface area contributed by atoms with Gasteiger partial charge >= 0.3 is 5.97 Å².